The van der Waals surface area contributed by atoms with Gasteiger partial charge in [0.05, 0.1) is 12.2 Å². The van der Waals surface area contributed by atoms with Crippen molar-refractivity contribution in [3.63, 3.8) is 0 Å². The molecule has 1 amide bonds. The van der Waals surface area contributed by atoms with Crippen LogP contribution >= 0.6 is 0 Å². The number of carbonyl (C=O) groups is 1. The van der Waals surface area contributed by atoms with Crippen LogP contribution in [0, 0.1) is 5.92 Å². The van der Waals surface area contributed by atoms with Crippen LogP contribution in [0.15, 0.2) is 24.3 Å². The van der Waals surface area contributed by atoms with Crippen LogP contribution in [-0.4, -0.2) is 25.1 Å². The van der Waals surface area contributed by atoms with Crippen molar-refractivity contribution in [3.05, 3.63) is 29.8 Å². The Morgan fingerprint density at radius 1 is 1.43 bits per heavy atom. The van der Waals surface area contributed by atoms with Gasteiger partial charge in [-0.25, -0.2) is 0 Å². The van der Waals surface area contributed by atoms with Crippen molar-refractivity contribution in [2.75, 3.05) is 13.2 Å². The first-order valence-electron chi connectivity index (χ1n) is 7.97. The Bertz CT molecular complexity index is 458. The molecule has 1 aromatic rings. The Kier molecular flexibility index (Phi) is 6.05. The van der Waals surface area contributed by atoms with Gasteiger partial charge in [-0.2, -0.15) is 0 Å². The lowest BCUT2D eigenvalue weighted by atomic mass is 10.1. The van der Waals surface area contributed by atoms with E-state index in [1.54, 1.807) is 0 Å². The van der Waals surface area contributed by atoms with Crippen LogP contribution in [0.4, 0.5) is 0 Å². The van der Waals surface area contributed by atoms with Crippen molar-refractivity contribution in [2.24, 2.45) is 11.7 Å². The molecule has 0 aromatic heterocycles. The molecule has 1 aliphatic carbocycles. The molecule has 0 bridgehead atoms. The van der Waals surface area contributed by atoms with Crippen molar-refractivity contribution in [3.8, 4) is 5.75 Å². The van der Waals surface area contributed by atoms with Crippen molar-refractivity contribution >= 4 is 5.91 Å². The highest BCUT2D eigenvalue weighted by atomic mass is 16.5. The highest BCUT2D eigenvalue weighted by Gasteiger charge is 2.23. The first-order chi connectivity index (χ1) is 10.2. The zero-order valence-electron chi connectivity index (χ0n) is 12.8. The molecule has 4 heteroatoms. The quantitative estimate of drug-likeness (QED) is 0.735. The van der Waals surface area contributed by atoms with E-state index in [0.29, 0.717) is 30.4 Å². The van der Waals surface area contributed by atoms with Gasteiger partial charge >= 0.3 is 0 Å². The summed E-state index contributed by atoms with van der Waals surface area (Å²) in [5, 5.41) is 3.02. The van der Waals surface area contributed by atoms with Crippen LogP contribution in [0.5, 0.6) is 5.75 Å². The molecule has 4 nitrogen and oxygen atoms in total. The van der Waals surface area contributed by atoms with Gasteiger partial charge in [-0.15, -0.1) is 0 Å². The van der Waals surface area contributed by atoms with Crippen molar-refractivity contribution < 1.29 is 9.53 Å². The summed E-state index contributed by atoms with van der Waals surface area (Å²) in [6.07, 6.45) is 5.57. The molecule has 116 valence electrons. The van der Waals surface area contributed by atoms with Crippen LogP contribution in [0.25, 0.3) is 0 Å². The molecule has 0 heterocycles. The number of benzene rings is 1. The number of hydrogen-bond donors (Lipinski definition) is 2. The van der Waals surface area contributed by atoms with Gasteiger partial charge in [0.2, 0.25) is 0 Å². The fourth-order valence-corrected chi connectivity index (χ4v) is 2.23. The number of nitrogens with one attached hydrogen (secondary N) is 1. The highest BCUT2D eigenvalue weighted by molar-refractivity contribution is 5.97. The van der Waals surface area contributed by atoms with Crippen LogP contribution < -0.4 is 15.8 Å². The molecule has 1 atom stereocenters. The number of amides is 1. The third kappa shape index (κ3) is 5.05. The summed E-state index contributed by atoms with van der Waals surface area (Å²) in [5.41, 5.74) is 6.34. The third-order valence-electron chi connectivity index (χ3n) is 3.83. The maximum absolute atomic E-state index is 12.4. The lowest BCUT2D eigenvalue weighted by molar-refractivity contribution is 0.0931. The fraction of sp³-hybridized carbons (Fsp3) is 0.588. The second kappa shape index (κ2) is 8.03. The normalized spacial score (nSPS) is 15.5. The van der Waals surface area contributed by atoms with E-state index in [1.807, 2.05) is 24.3 Å². The number of nitrogens with two attached hydrogens (primary N) is 1. The minimum Gasteiger partial charge on any atom is -0.492 e. The fourth-order valence-electron chi connectivity index (χ4n) is 2.23. The van der Waals surface area contributed by atoms with Crippen LogP contribution in [0.1, 0.15) is 49.4 Å². The molecule has 0 aliphatic heterocycles. The van der Waals surface area contributed by atoms with Crippen LogP contribution in [-0.2, 0) is 0 Å². The molecule has 0 saturated heterocycles. The molecule has 1 aliphatic rings. The van der Waals surface area contributed by atoms with Crippen LogP contribution in [0.3, 0.4) is 0 Å². The van der Waals surface area contributed by atoms with Gasteiger partial charge in [0, 0.05) is 12.6 Å². The second-order valence-electron chi connectivity index (χ2n) is 5.80. The summed E-state index contributed by atoms with van der Waals surface area (Å²) in [4.78, 5) is 12.4. The Labute approximate surface area is 127 Å². The first-order valence-corrected chi connectivity index (χ1v) is 7.97. The first kappa shape index (κ1) is 15.8. The Balaban J connectivity index is 1.96. The minimum absolute atomic E-state index is 0.0361. The predicted octanol–water partition coefficient (Wildman–Crippen LogP) is 2.72. The van der Waals surface area contributed by atoms with Crippen LogP contribution in [0.2, 0.25) is 0 Å². The standard InChI is InChI=1S/C17H26N2O2/c1-2-3-6-14(11-18)19-17(20)15-7-4-5-8-16(15)21-12-13-9-10-13/h4-5,7-8,13-14H,2-3,6,9-12,18H2,1H3,(H,19,20). The molecular formula is C17H26N2O2. The number of para-hydroxylation sites is 1. The van der Waals surface area contributed by atoms with Crippen molar-refractivity contribution in [1.82, 2.24) is 5.32 Å². The third-order valence-corrected chi connectivity index (χ3v) is 3.83. The SMILES string of the molecule is CCCCC(CN)NC(=O)c1ccccc1OCC1CC1. The summed E-state index contributed by atoms with van der Waals surface area (Å²) < 4.78 is 5.79. The summed E-state index contributed by atoms with van der Waals surface area (Å²) in [6, 6.07) is 7.47. The van der Waals surface area contributed by atoms with E-state index in [9.17, 15) is 4.79 Å². The van der Waals surface area contributed by atoms with E-state index < -0.39 is 0 Å². The average Bonchev–Trinajstić information content (AvgIpc) is 3.33. The molecule has 0 spiro atoms. The van der Waals surface area contributed by atoms with Crippen molar-refractivity contribution in [2.45, 2.75) is 45.1 Å². The summed E-state index contributed by atoms with van der Waals surface area (Å²) in [6.45, 7) is 3.31. The van der Waals surface area contributed by atoms with Gasteiger partial charge < -0.3 is 15.8 Å². The van der Waals surface area contributed by atoms with E-state index in [1.165, 1.54) is 12.8 Å². The largest absolute Gasteiger partial charge is 0.492 e. The monoisotopic (exact) mass is 290 g/mol. The number of rotatable bonds is 9. The Hall–Kier alpha value is -1.55. The summed E-state index contributed by atoms with van der Waals surface area (Å²) in [7, 11) is 0. The number of carbonyl (C=O) groups excluding carboxylic acids is 1. The van der Waals surface area contributed by atoms with E-state index in [-0.39, 0.29) is 11.9 Å². The van der Waals surface area contributed by atoms with Gasteiger partial charge in [-0.1, -0.05) is 31.9 Å². The van der Waals surface area contributed by atoms with E-state index >= 15 is 0 Å². The van der Waals surface area contributed by atoms with Gasteiger partial charge in [-0.05, 0) is 37.3 Å². The maximum atomic E-state index is 12.4. The Morgan fingerprint density at radius 2 is 2.19 bits per heavy atom. The molecule has 1 unspecified atom stereocenters. The minimum atomic E-state index is -0.0899. The molecule has 21 heavy (non-hydrogen) atoms. The lowest BCUT2D eigenvalue weighted by Crippen LogP contribution is -2.40. The molecule has 3 N–H and O–H groups in total. The van der Waals surface area contributed by atoms with E-state index in [4.69, 9.17) is 10.5 Å². The zero-order valence-corrected chi connectivity index (χ0v) is 12.8. The number of unbranched alkanes of at least 4 members (excludes halogenated alkanes) is 1. The van der Waals surface area contributed by atoms with Gasteiger partial charge in [0.15, 0.2) is 0 Å². The summed E-state index contributed by atoms with van der Waals surface area (Å²) in [5.74, 6) is 1.25. The molecule has 0 radical (unpaired) electrons. The maximum Gasteiger partial charge on any atom is 0.255 e. The molecular weight excluding hydrogens is 264 g/mol. The van der Waals surface area contributed by atoms with Gasteiger partial charge in [-0.3, -0.25) is 4.79 Å². The molecule has 1 saturated carbocycles. The molecule has 1 aromatic carbocycles. The van der Waals surface area contributed by atoms with Gasteiger partial charge in [0.1, 0.15) is 5.75 Å². The predicted molar refractivity (Wildman–Crippen MR) is 84.5 cm³/mol. The highest BCUT2D eigenvalue weighted by Crippen LogP contribution is 2.30. The zero-order chi connectivity index (χ0) is 15.1. The topological polar surface area (TPSA) is 64.3 Å². The molecule has 1 fully saturated rings. The van der Waals surface area contributed by atoms with E-state index in [2.05, 4.69) is 12.2 Å². The molecule has 2 rings (SSSR count). The van der Waals surface area contributed by atoms with E-state index in [0.717, 1.165) is 19.3 Å². The Morgan fingerprint density at radius 3 is 2.86 bits per heavy atom. The van der Waals surface area contributed by atoms with Gasteiger partial charge in [0.25, 0.3) is 5.91 Å². The average molecular weight is 290 g/mol. The van der Waals surface area contributed by atoms with Crippen molar-refractivity contribution in [1.29, 1.82) is 0 Å². The number of ether oxygens (including phenoxy) is 1. The number of hydrogen-bond acceptors (Lipinski definition) is 3. The summed E-state index contributed by atoms with van der Waals surface area (Å²) >= 11 is 0. The lowest BCUT2D eigenvalue weighted by Gasteiger charge is -2.18. The smallest absolute Gasteiger partial charge is 0.255 e. The second-order valence-corrected chi connectivity index (χ2v) is 5.80.